The van der Waals surface area contributed by atoms with Gasteiger partial charge in [0, 0.05) is 30.9 Å². The van der Waals surface area contributed by atoms with E-state index in [4.69, 9.17) is 0 Å². The highest BCUT2D eigenvalue weighted by Crippen LogP contribution is 2.13. The SMILES string of the molecule is CCn1cc(CNC(C)c2ccc(C)cc2)cn1. The summed E-state index contributed by atoms with van der Waals surface area (Å²) in [7, 11) is 0. The summed E-state index contributed by atoms with van der Waals surface area (Å²) in [6.45, 7) is 8.18. The van der Waals surface area contributed by atoms with Gasteiger partial charge in [-0.05, 0) is 26.3 Å². The molecule has 0 aliphatic heterocycles. The molecule has 0 saturated carbocycles. The molecule has 0 spiro atoms. The van der Waals surface area contributed by atoms with Crippen molar-refractivity contribution < 1.29 is 0 Å². The Morgan fingerprint density at radius 3 is 2.61 bits per heavy atom. The number of hydrogen-bond donors (Lipinski definition) is 1. The van der Waals surface area contributed by atoms with Crippen LogP contribution in [0.15, 0.2) is 36.7 Å². The van der Waals surface area contributed by atoms with Gasteiger partial charge in [0.2, 0.25) is 0 Å². The summed E-state index contributed by atoms with van der Waals surface area (Å²) >= 11 is 0. The second kappa shape index (κ2) is 5.83. The van der Waals surface area contributed by atoms with Crippen molar-refractivity contribution in [2.45, 2.75) is 39.9 Å². The summed E-state index contributed by atoms with van der Waals surface area (Å²) in [5.74, 6) is 0. The van der Waals surface area contributed by atoms with E-state index in [1.165, 1.54) is 16.7 Å². The molecule has 1 unspecified atom stereocenters. The van der Waals surface area contributed by atoms with Crippen molar-refractivity contribution in [2.75, 3.05) is 0 Å². The molecule has 0 radical (unpaired) electrons. The Labute approximate surface area is 109 Å². The number of nitrogens with one attached hydrogen (secondary N) is 1. The lowest BCUT2D eigenvalue weighted by atomic mass is 10.1. The van der Waals surface area contributed by atoms with Crippen LogP contribution in [-0.4, -0.2) is 9.78 Å². The van der Waals surface area contributed by atoms with Gasteiger partial charge in [-0.2, -0.15) is 5.10 Å². The van der Waals surface area contributed by atoms with E-state index >= 15 is 0 Å². The van der Waals surface area contributed by atoms with Crippen LogP contribution < -0.4 is 5.32 Å². The minimum atomic E-state index is 0.357. The molecular formula is C15H21N3. The van der Waals surface area contributed by atoms with Gasteiger partial charge in [-0.15, -0.1) is 0 Å². The number of aromatic nitrogens is 2. The van der Waals surface area contributed by atoms with Gasteiger partial charge in [0.15, 0.2) is 0 Å². The van der Waals surface area contributed by atoms with Gasteiger partial charge in [-0.25, -0.2) is 0 Å². The summed E-state index contributed by atoms with van der Waals surface area (Å²) in [5.41, 5.74) is 3.86. The van der Waals surface area contributed by atoms with E-state index in [0.717, 1.165) is 13.1 Å². The number of benzene rings is 1. The molecule has 3 nitrogen and oxygen atoms in total. The van der Waals surface area contributed by atoms with E-state index in [-0.39, 0.29) is 0 Å². The van der Waals surface area contributed by atoms with Crippen LogP contribution in [0.4, 0.5) is 0 Å². The van der Waals surface area contributed by atoms with Crippen molar-refractivity contribution in [1.82, 2.24) is 15.1 Å². The quantitative estimate of drug-likeness (QED) is 0.874. The fraction of sp³-hybridized carbons (Fsp3) is 0.400. The van der Waals surface area contributed by atoms with Crippen LogP contribution in [0, 0.1) is 6.92 Å². The minimum absolute atomic E-state index is 0.357. The van der Waals surface area contributed by atoms with Gasteiger partial charge in [0.25, 0.3) is 0 Å². The monoisotopic (exact) mass is 243 g/mol. The summed E-state index contributed by atoms with van der Waals surface area (Å²) in [6, 6.07) is 9.03. The van der Waals surface area contributed by atoms with Crippen molar-refractivity contribution in [1.29, 1.82) is 0 Å². The molecule has 2 rings (SSSR count). The Kier molecular flexibility index (Phi) is 4.15. The predicted molar refractivity (Wildman–Crippen MR) is 74.3 cm³/mol. The van der Waals surface area contributed by atoms with Crippen LogP contribution in [0.5, 0.6) is 0 Å². The largest absolute Gasteiger partial charge is 0.306 e. The van der Waals surface area contributed by atoms with Crippen molar-refractivity contribution >= 4 is 0 Å². The average Bonchev–Trinajstić information content (AvgIpc) is 2.85. The third kappa shape index (κ3) is 3.20. The molecule has 0 aliphatic rings. The molecule has 3 heteroatoms. The summed E-state index contributed by atoms with van der Waals surface area (Å²) in [5, 5.41) is 7.79. The van der Waals surface area contributed by atoms with E-state index in [0.29, 0.717) is 6.04 Å². The third-order valence-electron chi connectivity index (χ3n) is 3.20. The number of hydrogen-bond acceptors (Lipinski definition) is 2. The van der Waals surface area contributed by atoms with Crippen molar-refractivity contribution in [2.24, 2.45) is 0 Å². The molecule has 2 aromatic rings. The van der Waals surface area contributed by atoms with Crippen LogP contribution in [0.3, 0.4) is 0 Å². The first-order valence-electron chi connectivity index (χ1n) is 6.50. The van der Waals surface area contributed by atoms with E-state index in [9.17, 15) is 0 Å². The standard InChI is InChI=1S/C15H21N3/c1-4-18-11-14(10-17-18)9-16-13(3)15-7-5-12(2)6-8-15/h5-8,10-11,13,16H,4,9H2,1-3H3. The predicted octanol–water partition coefficient (Wildman–Crippen LogP) is 3.06. The fourth-order valence-corrected chi connectivity index (χ4v) is 1.91. The maximum atomic E-state index is 4.27. The second-order valence-corrected chi connectivity index (χ2v) is 4.72. The molecule has 0 bridgehead atoms. The number of nitrogens with zero attached hydrogens (tertiary/aromatic N) is 2. The molecule has 1 atom stereocenters. The van der Waals surface area contributed by atoms with E-state index in [1.54, 1.807) is 0 Å². The Morgan fingerprint density at radius 1 is 1.28 bits per heavy atom. The Hall–Kier alpha value is -1.61. The van der Waals surface area contributed by atoms with Gasteiger partial charge >= 0.3 is 0 Å². The highest BCUT2D eigenvalue weighted by molar-refractivity contribution is 5.23. The van der Waals surface area contributed by atoms with Gasteiger partial charge in [-0.1, -0.05) is 29.8 Å². The molecule has 18 heavy (non-hydrogen) atoms. The Morgan fingerprint density at radius 2 is 2.00 bits per heavy atom. The summed E-state index contributed by atoms with van der Waals surface area (Å²) in [6.07, 6.45) is 4.02. The summed E-state index contributed by atoms with van der Waals surface area (Å²) < 4.78 is 1.95. The first-order valence-corrected chi connectivity index (χ1v) is 6.50. The molecule has 1 aromatic carbocycles. The average molecular weight is 243 g/mol. The lowest BCUT2D eigenvalue weighted by Gasteiger charge is -2.13. The maximum Gasteiger partial charge on any atom is 0.0534 e. The van der Waals surface area contributed by atoms with E-state index < -0.39 is 0 Å². The Balaban J connectivity index is 1.91. The minimum Gasteiger partial charge on any atom is -0.306 e. The topological polar surface area (TPSA) is 29.9 Å². The van der Waals surface area contributed by atoms with Crippen LogP contribution in [0.1, 0.15) is 36.6 Å². The zero-order valence-corrected chi connectivity index (χ0v) is 11.4. The second-order valence-electron chi connectivity index (χ2n) is 4.72. The van der Waals surface area contributed by atoms with Gasteiger partial charge < -0.3 is 5.32 Å². The highest BCUT2D eigenvalue weighted by atomic mass is 15.3. The van der Waals surface area contributed by atoms with E-state index in [2.05, 4.69) is 61.6 Å². The highest BCUT2D eigenvalue weighted by Gasteiger charge is 2.05. The fourth-order valence-electron chi connectivity index (χ4n) is 1.91. The molecule has 0 amide bonds. The smallest absolute Gasteiger partial charge is 0.0534 e. The van der Waals surface area contributed by atoms with Crippen LogP contribution in [-0.2, 0) is 13.1 Å². The molecule has 1 heterocycles. The number of rotatable bonds is 5. The first-order chi connectivity index (χ1) is 8.69. The molecule has 96 valence electrons. The van der Waals surface area contributed by atoms with Crippen LogP contribution in [0.2, 0.25) is 0 Å². The molecule has 0 aliphatic carbocycles. The maximum absolute atomic E-state index is 4.27. The Bertz CT molecular complexity index is 485. The van der Waals surface area contributed by atoms with Crippen LogP contribution in [0.25, 0.3) is 0 Å². The first kappa shape index (κ1) is 12.8. The van der Waals surface area contributed by atoms with Crippen molar-refractivity contribution in [3.8, 4) is 0 Å². The van der Waals surface area contributed by atoms with E-state index in [1.807, 2.05) is 10.9 Å². The number of aryl methyl sites for hydroxylation is 2. The van der Waals surface area contributed by atoms with Crippen molar-refractivity contribution in [3.05, 3.63) is 53.3 Å². The third-order valence-corrected chi connectivity index (χ3v) is 3.20. The van der Waals surface area contributed by atoms with Gasteiger partial charge in [0.1, 0.15) is 0 Å². The molecule has 0 saturated heterocycles. The molecule has 0 fully saturated rings. The van der Waals surface area contributed by atoms with Crippen molar-refractivity contribution in [3.63, 3.8) is 0 Å². The zero-order valence-electron chi connectivity index (χ0n) is 11.4. The zero-order chi connectivity index (χ0) is 13.0. The normalized spacial score (nSPS) is 12.6. The summed E-state index contributed by atoms with van der Waals surface area (Å²) in [4.78, 5) is 0. The molecular weight excluding hydrogens is 222 g/mol. The van der Waals surface area contributed by atoms with Gasteiger partial charge in [-0.3, -0.25) is 4.68 Å². The van der Waals surface area contributed by atoms with Gasteiger partial charge in [0.05, 0.1) is 6.20 Å². The lowest BCUT2D eigenvalue weighted by Crippen LogP contribution is -2.17. The van der Waals surface area contributed by atoms with Crippen LogP contribution >= 0.6 is 0 Å². The molecule has 1 aromatic heterocycles. The molecule has 1 N–H and O–H groups in total. The lowest BCUT2D eigenvalue weighted by molar-refractivity contribution is 0.573.